The van der Waals surface area contributed by atoms with E-state index in [0.29, 0.717) is 15.7 Å². The monoisotopic (exact) mass is 691 g/mol. The van der Waals surface area contributed by atoms with E-state index in [1.807, 2.05) is 24.3 Å². The van der Waals surface area contributed by atoms with Crippen LogP contribution in [0.15, 0.2) is 81.0 Å². The second-order valence-electron chi connectivity index (χ2n) is 10.3. The molecule has 2 amide bonds. The molecule has 218 valence electrons. The Morgan fingerprint density at radius 1 is 1.05 bits per heavy atom. The van der Waals surface area contributed by atoms with Gasteiger partial charge >= 0.3 is 0 Å². The van der Waals surface area contributed by atoms with Crippen molar-refractivity contribution >= 4 is 72.6 Å². The zero-order valence-corrected chi connectivity index (χ0v) is 26.1. The number of hydrogen-bond acceptors (Lipinski definition) is 6. The smallest absolute Gasteiger partial charge is 0.289 e. The highest BCUT2D eigenvalue weighted by Crippen LogP contribution is 2.45. The normalized spacial score (nSPS) is 19.4. The van der Waals surface area contributed by atoms with Crippen LogP contribution in [0.1, 0.15) is 23.0 Å². The van der Waals surface area contributed by atoms with Gasteiger partial charge in [-0.1, -0.05) is 51.3 Å². The number of sulfonamides is 1. The van der Waals surface area contributed by atoms with Gasteiger partial charge in [0, 0.05) is 47.1 Å². The Kier molecular flexibility index (Phi) is 7.47. The Balaban J connectivity index is 1.38. The second-order valence-corrected chi connectivity index (χ2v) is 13.9. The number of imidazole rings is 1. The van der Waals surface area contributed by atoms with E-state index >= 15 is 0 Å². The molecule has 1 fully saturated rings. The Bertz CT molecular complexity index is 1770. The van der Waals surface area contributed by atoms with Crippen molar-refractivity contribution < 1.29 is 22.4 Å². The van der Waals surface area contributed by atoms with Crippen LogP contribution in [0.4, 0.5) is 11.6 Å². The molecule has 1 saturated heterocycles. The van der Waals surface area contributed by atoms with Gasteiger partial charge in [0.15, 0.2) is 10.8 Å². The minimum absolute atomic E-state index is 0.0697. The molecule has 2 aliphatic heterocycles. The first kappa shape index (κ1) is 28.9. The first-order chi connectivity index (χ1) is 20.0. The molecule has 4 aromatic rings. The lowest BCUT2D eigenvalue weighted by Crippen LogP contribution is -2.51. The minimum atomic E-state index is -4.13. The lowest BCUT2D eigenvalue weighted by Gasteiger charge is -2.34. The molecular weight excluding hydrogens is 669 g/mol. The molecular formula is C28H24BrCl2N5O5S. The summed E-state index contributed by atoms with van der Waals surface area (Å²) in [6.07, 6.45) is 2.89. The van der Waals surface area contributed by atoms with Crippen molar-refractivity contribution in [3.8, 4) is 0 Å². The van der Waals surface area contributed by atoms with Gasteiger partial charge in [0.25, 0.3) is 21.8 Å². The number of carbonyl (C=O) groups is 2. The quantitative estimate of drug-likeness (QED) is 0.270. The van der Waals surface area contributed by atoms with Gasteiger partial charge in [0.2, 0.25) is 5.95 Å². The number of aromatic nitrogens is 2. The Morgan fingerprint density at radius 2 is 1.71 bits per heavy atom. The highest BCUT2D eigenvalue weighted by atomic mass is 79.9. The molecule has 4 heterocycles. The van der Waals surface area contributed by atoms with Gasteiger partial charge in [-0.25, -0.2) is 18.3 Å². The van der Waals surface area contributed by atoms with E-state index in [-0.39, 0.29) is 61.1 Å². The van der Waals surface area contributed by atoms with Crippen molar-refractivity contribution in [2.75, 3.05) is 31.1 Å². The average Bonchev–Trinajstić information content (AvgIpc) is 3.69. The van der Waals surface area contributed by atoms with Gasteiger partial charge in [-0.3, -0.25) is 14.2 Å². The van der Waals surface area contributed by atoms with Crippen molar-refractivity contribution in [3.63, 3.8) is 0 Å². The van der Waals surface area contributed by atoms with Crippen LogP contribution in [0.3, 0.4) is 0 Å². The fraction of sp³-hybridized carbons (Fsp3) is 0.250. The Hall–Kier alpha value is -3.16. The summed E-state index contributed by atoms with van der Waals surface area (Å²) < 4.78 is 37.1. The molecule has 2 aromatic heterocycles. The third-order valence-corrected chi connectivity index (χ3v) is 10.3. The van der Waals surface area contributed by atoms with Crippen LogP contribution in [-0.4, -0.2) is 65.2 Å². The number of hydrogen-bond donors (Lipinski definition) is 0. The first-order valence-corrected chi connectivity index (χ1v) is 15.9. The number of nitrogens with zero attached hydrogens (tertiary/aromatic N) is 5. The Labute approximate surface area is 260 Å². The Morgan fingerprint density at radius 3 is 2.33 bits per heavy atom. The van der Waals surface area contributed by atoms with E-state index < -0.39 is 15.6 Å². The molecule has 2 aromatic carbocycles. The zero-order chi connectivity index (χ0) is 29.8. The van der Waals surface area contributed by atoms with Crippen molar-refractivity contribution in [2.45, 2.75) is 23.9 Å². The van der Waals surface area contributed by atoms with E-state index in [1.165, 1.54) is 26.2 Å². The van der Waals surface area contributed by atoms with Crippen LogP contribution in [0.5, 0.6) is 0 Å². The molecule has 42 heavy (non-hydrogen) atoms. The zero-order valence-electron chi connectivity index (χ0n) is 22.2. The predicted octanol–water partition coefficient (Wildman–Crippen LogP) is 5.33. The summed E-state index contributed by atoms with van der Waals surface area (Å²) in [7, 11) is -4.13. The van der Waals surface area contributed by atoms with Crippen LogP contribution in [0, 0.1) is 0 Å². The number of benzene rings is 2. The second kappa shape index (κ2) is 10.8. The van der Waals surface area contributed by atoms with E-state index in [4.69, 9.17) is 27.6 Å². The lowest BCUT2D eigenvalue weighted by molar-refractivity contribution is -0.124. The third kappa shape index (κ3) is 4.94. The predicted molar refractivity (Wildman–Crippen MR) is 161 cm³/mol. The van der Waals surface area contributed by atoms with E-state index in [0.717, 1.165) is 10.0 Å². The molecule has 0 N–H and O–H groups in total. The van der Waals surface area contributed by atoms with Gasteiger partial charge in [0.05, 0.1) is 18.1 Å². The van der Waals surface area contributed by atoms with E-state index in [2.05, 4.69) is 20.9 Å². The summed E-state index contributed by atoms with van der Waals surface area (Å²) in [5, 5.41) is 0.520. The van der Waals surface area contributed by atoms with Crippen molar-refractivity contribution in [1.82, 2.24) is 18.8 Å². The number of amides is 2. The third-order valence-electron chi connectivity index (χ3n) is 7.50. The number of fused-ring (bicyclic) bond motifs is 1. The van der Waals surface area contributed by atoms with Crippen molar-refractivity contribution in [2.24, 2.45) is 0 Å². The molecule has 10 nitrogen and oxygen atoms in total. The van der Waals surface area contributed by atoms with Gasteiger partial charge in [-0.05, 0) is 55.0 Å². The molecule has 14 heteroatoms. The van der Waals surface area contributed by atoms with Gasteiger partial charge in [-0.2, -0.15) is 4.31 Å². The fourth-order valence-electron chi connectivity index (χ4n) is 5.43. The lowest BCUT2D eigenvalue weighted by atomic mass is 9.92. The molecule has 6 rings (SSSR count). The van der Waals surface area contributed by atoms with Crippen LogP contribution >= 0.6 is 39.1 Å². The minimum Gasteiger partial charge on any atom is -0.459 e. The summed E-state index contributed by atoms with van der Waals surface area (Å²) in [6, 6.07) is 15.4. The SMILES string of the molecule is C[C@@]1(Cc2ccc(Br)cc2)C(=O)N(c2cc(Cl)cc(Cl)c2)c2ncc(S(=O)(=O)N3CCN(C(=O)c4ccco4)CC3)n21. The molecule has 0 saturated carbocycles. The summed E-state index contributed by atoms with van der Waals surface area (Å²) in [5.74, 6) is -0.338. The number of piperazine rings is 1. The van der Waals surface area contributed by atoms with Gasteiger partial charge < -0.3 is 9.32 Å². The molecule has 1 atom stereocenters. The molecule has 0 aliphatic carbocycles. The maximum atomic E-state index is 14.2. The average molecular weight is 693 g/mol. The maximum Gasteiger partial charge on any atom is 0.289 e. The highest BCUT2D eigenvalue weighted by molar-refractivity contribution is 9.10. The standard InChI is InChI=1S/C28H24BrCl2N5O5S/c1-28(16-18-4-6-19(29)7-5-18)26(38)35(22-14-20(30)13-21(31)15-22)27-32-17-24(36(27)28)42(39,40)34-10-8-33(9-11-34)25(37)23-3-2-12-41-23/h2-7,12-15,17H,8-11,16H2,1H3/t28-/m1/s1. The number of anilines is 2. The van der Waals surface area contributed by atoms with E-state index in [9.17, 15) is 18.0 Å². The van der Waals surface area contributed by atoms with Crippen LogP contribution in [-0.2, 0) is 26.8 Å². The topological polar surface area (TPSA) is 109 Å². The largest absolute Gasteiger partial charge is 0.459 e. The highest BCUT2D eigenvalue weighted by Gasteiger charge is 2.52. The maximum absolute atomic E-state index is 14.2. The summed E-state index contributed by atoms with van der Waals surface area (Å²) in [5.41, 5.74) is -0.153. The van der Waals surface area contributed by atoms with Gasteiger partial charge in [0.1, 0.15) is 5.54 Å². The molecule has 0 unspecified atom stereocenters. The van der Waals surface area contributed by atoms with E-state index in [1.54, 1.807) is 42.2 Å². The molecule has 0 bridgehead atoms. The van der Waals surface area contributed by atoms with Gasteiger partial charge in [-0.15, -0.1) is 0 Å². The fourth-order valence-corrected chi connectivity index (χ4v) is 7.82. The van der Waals surface area contributed by atoms with Crippen LogP contribution in [0.25, 0.3) is 0 Å². The molecule has 2 aliphatic rings. The first-order valence-electron chi connectivity index (χ1n) is 13.0. The summed E-state index contributed by atoms with van der Waals surface area (Å²) in [6.45, 7) is 2.21. The van der Waals surface area contributed by atoms with Crippen LogP contribution in [0.2, 0.25) is 10.0 Å². The number of halogens is 3. The number of furan rings is 1. The number of rotatable bonds is 6. The molecule has 0 radical (unpaired) electrons. The van der Waals surface area contributed by atoms with Crippen molar-refractivity contribution in [1.29, 1.82) is 0 Å². The summed E-state index contributed by atoms with van der Waals surface area (Å²) in [4.78, 5) is 34.3. The van der Waals surface area contributed by atoms with Crippen LogP contribution < -0.4 is 4.90 Å². The molecule has 0 spiro atoms. The number of carbonyl (C=O) groups excluding carboxylic acids is 2. The summed E-state index contributed by atoms with van der Waals surface area (Å²) >= 11 is 16.0. The van der Waals surface area contributed by atoms with Crippen molar-refractivity contribution in [3.05, 3.63) is 92.9 Å².